The van der Waals surface area contributed by atoms with Crippen molar-refractivity contribution in [3.8, 4) is 0 Å². The maximum Gasteiger partial charge on any atom is 0.472 e. The molecule has 332 valence electrons. The summed E-state index contributed by atoms with van der Waals surface area (Å²) in [4.78, 5) is 52.6. The van der Waals surface area contributed by atoms with E-state index in [4.69, 9.17) is 28.5 Å². The Morgan fingerprint density at radius 2 is 1.19 bits per heavy atom. The zero-order valence-electron chi connectivity index (χ0n) is 34.8. The Hall–Kier alpha value is -1.70. The highest BCUT2D eigenvalue weighted by Crippen LogP contribution is 2.44. The number of epoxide rings is 1. The maximum absolute atomic E-state index is 12.6. The minimum absolute atomic E-state index is 0.0507. The summed E-state index contributed by atoms with van der Waals surface area (Å²) in [7, 11) is -9.69. The molecular formula is C41H74O14P2. The zero-order valence-corrected chi connectivity index (χ0v) is 36.6. The van der Waals surface area contributed by atoms with Crippen molar-refractivity contribution in [1.82, 2.24) is 0 Å². The number of esters is 2. The van der Waals surface area contributed by atoms with Gasteiger partial charge in [-0.05, 0) is 57.3 Å². The molecular weight excluding hydrogens is 778 g/mol. The summed E-state index contributed by atoms with van der Waals surface area (Å²) in [6.45, 7) is 3.93. The third kappa shape index (κ3) is 34.8. The summed E-state index contributed by atoms with van der Waals surface area (Å²) in [6, 6.07) is 0. The molecule has 1 aliphatic heterocycles. The van der Waals surface area contributed by atoms with Crippen LogP contribution < -0.4 is 0 Å². The van der Waals surface area contributed by atoms with Gasteiger partial charge in [-0.1, -0.05) is 128 Å². The highest BCUT2D eigenvalue weighted by molar-refractivity contribution is 7.47. The van der Waals surface area contributed by atoms with E-state index in [9.17, 15) is 28.7 Å². The number of hydrogen-bond acceptors (Lipinski definition) is 11. The molecule has 0 aliphatic carbocycles. The summed E-state index contributed by atoms with van der Waals surface area (Å²) in [5.41, 5.74) is 0. The Balaban J connectivity index is 2.41. The van der Waals surface area contributed by atoms with Crippen molar-refractivity contribution in [2.45, 2.75) is 180 Å². The number of allylic oxidation sites excluding steroid dienone is 4. The van der Waals surface area contributed by atoms with E-state index >= 15 is 0 Å². The molecule has 0 saturated carbocycles. The first-order chi connectivity index (χ1) is 27.2. The van der Waals surface area contributed by atoms with Crippen LogP contribution in [0.3, 0.4) is 0 Å². The van der Waals surface area contributed by atoms with Crippen molar-refractivity contribution in [3.05, 3.63) is 36.5 Å². The lowest BCUT2D eigenvalue weighted by molar-refractivity contribution is -0.161. The van der Waals surface area contributed by atoms with Crippen molar-refractivity contribution >= 4 is 27.6 Å². The lowest BCUT2D eigenvalue weighted by Gasteiger charge is -2.20. The quantitative estimate of drug-likeness (QED) is 0.0150. The number of unbranched alkanes of at least 4 members (excludes halogenated alkanes) is 12. The molecule has 1 rings (SSSR count). The Kier molecular flexibility index (Phi) is 30.9. The van der Waals surface area contributed by atoms with E-state index < -0.39 is 66.2 Å². The first-order valence-electron chi connectivity index (χ1n) is 21.2. The second-order valence-corrected chi connectivity index (χ2v) is 17.8. The molecule has 3 unspecified atom stereocenters. The molecule has 4 N–H and O–H groups in total. The van der Waals surface area contributed by atoms with E-state index in [0.29, 0.717) is 31.5 Å². The van der Waals surface area contributed by atoms with Crippen LogP contribution in [-0.4, -0.2) is 82.6 Å². The molecule has 0 radical (unpaired) electrons. The van der Waals surface area contributed by atoms with Crippen LogP contribution in [0.4, 0.5) is 0 Å². The summed E-state index contributed by atoms with van der Waals surface area (Å²) in [5.74, 6) is -0.348. The molecule has 5 atom stereocenters. The fourth-order valence-electron chi connectivity index (χ4n) is 5.74. The molecule has 1 aliphatic rings. The Bertz CT molecular complexity index is 1230. The molecule has 0 aromatic heterocycles. The molecule has 0 bridgehead atoms. The number of hydrogen-bond donors (Lipinski definition) is 4. The first kappa shape index (κ1) is 53.3. The van der Waals surface area contributed by atoms with Gasteiger partial charge in [-0.3, -0.25) is 23.2 Å². The first-order valence-corrected chi connectivity index (χ1v) is 24.2. The molecule has 0 amide bonds. The van der Waals surface area contributed by atoms with Gasteiger partial charge in [0.05, 0.1) is 32.0 Å². The zero-order chi connectivity index (χ0) is 42.2. The van der Waals surface area contributed by atoms with Crippen molar-refractivity contribution in [3.63, 3.8) is 0 Å². The van der Waals surface area contributed by atoms with Crippen LogP contribution >= 0.6 is 15.6 Å². The highest BCUT2D eigenvalue weighted by atomic mass is 31.2. The van der Waals surface area contributed by atoms with Gasteiger partial charge in [0.15, 0.2) is 6.10 Å². The molecule has 0 aromatic carbocycles. The molecule has 14 nitrogen and oxygen atoms in total. The maximum atomic E-state index is 12.6. The van der Waals surface area contributed by atoms with Crippen LogP contribution in [0.25, 0.3) is 0 Å². The Labute approximate surface area is 342 Å². The average Bonchev–Trinajstić information content (AvgIpc) is 3.91. The van der Waals surface area contributed by atoms with E-state index in [1.54, 1.807) is 0 Å². The number of phosphoric acid groups is 2. The minimum Gasteiger partial charge on any atom is -0.462 e. The fraction of sp³-hybridized carbons (Fsp3) is 0.805. The van der Waals surface area contributed by atoms with E-state index in [-0.39, 0.29) is 12.8 Å². The predicted octanol–water partition coefficient (Wildman–Crippen LogP) is 9.35. The van der Waals surface area contributed by atoms with Gasteiger partial charge < -0.3 is 34.0 Å². The van der Waals surface area contributed by atoms with Gasteiger partial charge in [-0.15, -0.1) is 0 Å². The number of aliphatic hydroxyl groups is 1. The summed E-state index contributed by atoms with van der Waals surface area (Å²) >= 11 is 0. The molecule has 0 aromatic rings. The van der Waals surface area contributed by atoms with Gasteiger partial charge in [0, 0.05) is 12.8 Å². The largest absolute Gasteiger partial charge is 0.472 e. The number of ether oxygens (including phenoxy) is 3. The van der Waals surface area contributed by atoms with Crippen LogP contribution in [-0.2, 0) is 46.5 Å². The molecule has 1 saturated heterocycles. The van der Waals surface area contributed by atoms with Crippen LogP contribution in [0.5, 0.6) is 0 Å². The fourth-order valence-corrected chi connectivity index (χ4v) is 6.90. The van der Waals surface area contributed by atoms with Gasteiger partial charge in [0.1, 0.15) is 12.7 Å². The monoisotopic (exact) mass is 852 g/mol. The van der Waals surface area contributed by atoms with Crippen molar-refractivity contribution in [1.29, 1.82) is 0 Å². The molecule has 16 heteroatoms. The van der Waals surface area contributed by atoms with Gasteiger partial charge in [-0.25, -0.2) is 9.13 Å². The normalized spacial score (nSPS) is 18.1. The second-order valence-electron chi connectivity index (χ2n) is 15.1. The second kappa shape index (κ2) is 33.1. The van der Waals surface area contributed by atoms with Crippen LogP contribution in [0.2, 0.25) is 0 Å². The highest BCUT2D eigenvalue weighted by Gasteiger charge is 2.36. The number of carbonyl (C=O) groups is 2. The topological polar surface area (TPSA) is 208 Å². The molecule has 1 heterocycles. The van der Waals surface area contributed by atoms with Crippen molar-refractivity contribution in [2.24, 2.45) is 5.92 Å². The van der Waals surface area contributed by atoms with Gasteiger partial charge in [-0.2, -0.15) is 0 Å². The number of rotatable bonds is 38. The van der Waals surface area contributed by atoms with E-state index in [1.807, 2.05) is 12.2 Å². The van der Waals surface area contributed by atoms with Crippen LogP contribution in [0, 0.1) is 5.92 Å². The smallest absolute Gasteiger partial charge is 0.462 e. The lowest BCUT2D eigenvalue weighted by atomic mass is 10.0. The third-order valence-corrected chi connectivity index (χ3v) is 10.5. The minimum atomic E-state index is -4.87. The van der Waals surface area contributed by atoms with E-state index in [1.165, 1.54) is 57.8 Å². The van der Waals surface area contributed by atoms with E-state index in [2.05, 4.69) is 54.1 Å². The van der Waals surface area contributed by atoms with Crippen LogP contribution in [0.15, 0.2) is 36.5 Å². The van der Waals surface area contributed by atoms with Crippen molar-refractivity contribution < 1.29 is 66.3 Å². The van der Waals surface area contributed by atoms with Crippen LogP contribution in [0.1, 0.15) is 156 Å². The van der Waals surface area contributed by atoms with Gasteiger partial charge in [0.25, 0.3) is 0 Å². The SMILES string of the molecule is CCCCC/C=C\CC1OC1C/C=C\C/C=C\CCCC(=O)O[C@H](COC(=O)CCCCCCCCCCCC(C)C)COP(=O)(O)OC[C@@H](O)COP(=O)(O)O. The number of aliphatic hydroxyl groups excluding tert-OH is 1. The lowest BCUT2D eigenvalue weighted by Crippen LogP contribution is -2.29. The van der Waals surface area contributed by atoms with Gasteiger partial charge >= 0.3 is 27.6 Å². The molecule has 0 spiro atoms. The standard InChI is InChI=1S/C41H74O14P2/c1-4-5-6-7-17-22-27-38-39(55-38)28-23-18-13-11-15-20-25-30-41(44)54-37(34-53-57(48,49)52-32-36(42)31-51-56(45,46)47)33-50-40(43)29-24-19-14-10-8-9-12-16-21-26-35(2)3/h11,15,17-18,22-23,35-39,42H,4-10,12-14,16,19-21,24-34H2,1-3H3,(H,48,49)(H2,45,46,47)/b15-11-,22-17-,23-18-/t36-,37+,38?,39?/m0/s1. The van der Waals surface area contributed by atoms with Gasteiger partial charge in [0.2, 0.25) is 0 Å². The Morgan fingerprint density at radius 1 is 0.649 bits per heavy atom. The summed E-state index contributed by atoms with van der Waals surface area (Å²) < 4.78 is 53.4. The van der Waals surface area contributed by atoms with E-state index in [0.717, 1.165) is 50.9 Å². The van der Waals surface area contributed by atoms with Crippen molar-refractivity contribution in [2.75, 3.05) is 26.4 Å². The summed E-state index contributed by atoms with van der Waals surface area (Å²) in [6.07, 6.45) is 30.5. The molecule has 57 heavy (non-hydrogen) atoms. The molecule has 1 fully saturated rings. The predicted molar refractivity (Wildman–Crippen MR) is 220 cm³/mol. The Morgan fingerprint density at radius 3 is 1.84 bits per heavy atom. The summed E-state index contributed by atoms with van der Waals surface area (Å²) in [5, 5.41) is 9.73. The average molecular weight is 853 g/mol. The number of carbonyl (C=O) groups excluding carboxylic acids is 2. The third-order valence-electron chi connectivity index (χ3n) is 9.10. The number of phosphoric ester groups is 2.